The molecule has 1 aromatic heterocycles. The lowest BCUT2D eigenvalue weighted by Crippen LogP contribution is -2.24. The second-order valence-electron chi connectivity index (χ2n) is 3.68. The number of aromatic nitrogens is 2. The number of rotatable bonds is 3. The summed E-state index contributed by atoms with van der Waals surface area (Å²) in [6, 6.07) is 3.61. The summed E-state index contributed by atoms with van der Waals surface area (Å²) >= 11 is 0. The van der Waals surface area contributed by atoms with E-state index in [0.29, 0.717) is 5.82 Å². The van der Waals surface area contributed by atoms with Crippen molar-refractivity contribution in [2.24, 2.45) is 0 Å². The third-order valence-corrected chi connectivity index (χ3v) is 2.34. The molecule has 2 N–H and O–H groups in total. The van der Waals surface area contributed by atoms with Crippen molar-refractivity contribution in [2.75, 3.05) is 6.61 Å². The summed E-state index contributed by atoms with van der Waals surface area (Å²) < 4.78 is 17.7. The average Bonchev–Trinajstić information content (AvgIpc) is 2.96. The molecule has 0 bridgehead atoms. The van der Waals surface area contributed by atoms with Crippen LogP contribution >= 0.6 is 0 Å². The summed E-state index contributed by atoms with van der Waals surface area (Å²) in [4.78, 5) is 15.7. The van der Waals surface area contributed by atoms with Crippen LogP contribution in [0.25, 0.3) is 0 Å². The Balaban J connectivity index is 2.16. The van der Waals surface area contributed by atoms with E-state index in [-0.39, 0.29) is 24.3 Å². The van der Waals surface area contributed by atoms with Crippen LogP contribution in [0.5, 0.6) is 0 Å². The SMILES string of the molecule is O=C(NCc1ncon1)c1ccc(F)cc1C#CCO. The molecule has 0 fully saturated rings. The van der Waals surface area contributed by atoms with Gasteiger partial charge in [-0.1, -0.05) is 17.0 Å². The molecule has 1 aromatic carbocycles. The fraction of sp³-hybridized carbons (Fsp3) is 0.154. The minimum Gasteiger partial charge on any atom is -0.384 e. The molecule has 6 nitrogen and oxygen atoms in total. The van der Waals surface area contributed by atoms with E-state index in [1.807, 2.05) is 0 Å². The summed E-state index contributed by atoms with van der Waals surface area (Å²) in [5.74, 6) is 4.27. The van der Waals surface area contributed by atoms with Crippen LogP contribution in [0.2, 0.25) is 0 Å². The first-order valence-electron chi connectivity index (χ1n) is 5.63. The zero-order valence-corrected chi connectivity index (χ0v) is 10.3. The lowest BCUT2D eigenvalue weighted by Gasteiger charge is -2.05. The second-order valence-corrected chi connectivity index (χ2v) is 3.68. The summed E-state index contributed by atoms with van der Waals surface area (Å²) in [7, 11) is 0. The number of aliphatic hydroxyl groups is 1. The monoisotopic (exact) mass is 275 g/mol. The molecule has 0 radical (unpaired) electrons. The van der Waals surface area contributed by atoms with Gasteiger partial charge in [0, 0.05) is 5.56 Å². The van der Waals surface area contributed by atoms with Crippen LogP contribution in [0.1, 0.15) is 21.7 Å². The van der Waals surface area contributed by atoms with E-state index in [1.165, 1.54) is 6.07 Å². The smallest absolute Gasteiger partial charge is 0.252 e. The highest BCUT2D eigenvalue weighted by atomic mass is 19.1. The number of carbonyl (C=O) groups excluding carboxylic acids is 1. The molecule has 7 heteroatoms. The predicted octanol–water partition coefficient (Wildman–Crippen LogP) is 0.483. The lowest BCUT2D eigenvalue weighted by molar-refractivity contribution is 0.0949. The Bertz CT molecular complexity index is 659. The summed E-state index contributed by atoms with van der Waals surface area (Å²) in [5.41, 5.74) is 0.403. The molecule has 0 unspecified atom stereocenters. The maximum atomic E-state index is 13.2. The molecule has 0 atom stereocenters. The van der Waals surface area contributed by atoms with Crippen molar-refractivity contribution in [3.63, 3.8) is 0 Å². The number of halogens is 1. The quantitative estimate of drug-likeness (QED) is 0.795. The summed E-state index contributed by atoms with van der Waals surface area (Å²) in [5, 5.41) is 14.8. The molecular weight excluding hydrogens is 265 g/mol. The summed E-state index contributed by atoms with van der Waals surface area (Å²) in [6.45, 7) is -0.292. The Labute approximate surface area is 113 Å². The Kier molecular flexibility index (Phi) is 4.42. The van der Waals surface area contributed by atoms with Gasteiger partial charge in [-0.05, 0) is 18.2 Å². The zero-order valence-electron chi connectivity index (χ0n) is 10.3. The second kappa shape index (κ2) is 6.45. The van der Waals surface area contributed by atoms with E-state index in [9.17, 15) is 9.18 Å². The number of aliphatic hydroxyl groups excluding tert-OH is 1. The third kappa shape index (κ3) is 3.40. The molecule has 0 saturated heterocycles. The molecule has 2 aromatic rings. The predicted molar refractivity (Wildman–Crippen MR) is 65.8 cm³/mol. The fourth-order valence-electron chi connectivity index (χ4n) is 1.48. The van der Waals surface area contributed by atoms with Crippen molar-refractivity contribution in [1.29, 1.82) is 0 Å². The van der Waals surface area contributed by atoms with Gasteiger partial charge in [0.15, 0.2) is 5.82 Å². The molecule has 0 spiro atoms. The van der Waals surface area contributed by atoms with Crippen LogP contribution in [-0.4, -0.2) is 27.8 Å². The van der Waals surface area contributed by atoms with Gasteiger partial charge in [0.05, 0.1) is 12.1 Å². The Morgan fingerprint density at radius 1 is 1.50 bits per heavy atom. The van der Waals surface area contributed by atoms with E-state index >= 15 is 0 Å². The molecule has 0 saturated carbocycles. The zero-order chi connectivity index (χ0) is 14.4. The van der Waals surface area contributed by atoms with E-state index < -0.39 is 11.7 Å². The van der Waals surface area contributed by atoms with Gasteiger partial charge in [-0.2, -0.15) is 4.98 Å². The largest absolute Gasteiger partial charge is 0.384 e. The topological polar surface area (TPSA) is 88.3 Å². The molecule has 2 rings (SSSR count). The van der Waals surface area contributed by atoms with E-state index in [0.717, 1.165) is 18.5 Å². The van der Waals surface area contributed by atoms with Crippen molar-refractivity contribution < 1.29 is 18.8 Å². The van der Waals surface area contributed by atoms with Gasteiger partial charge >= 0.3 is 0 Å². The third-order valence-electron chi connectivity index (χ3n) is 2.34. The molecule has 1 heterocycles. The van der Waals surface area contributed by atoms with Crippen LogP contribution in [0.4, 0.5) is 4.39 Å². The first-order chi connectivity index (χ1) is 9.70. The van der Waals surface area contributed by atoms with Gasteiger partial charge in [-0.3, -0.25) is 4.79 Å². The number of nitrogens with zero attached hydrogens (tertiary/aromatic N) is 2. The number of carbonyl (C=O) groups is 1. The van der Waals surface area contributed by atoms with E-state index in [4.69, 9.17) is 5.11 Å². The highest BCUT2D eigenvalue weighted by Gasteiger charge is 2.11. The number of hydrogen-bond donors (Lipinski definition) is 2. The standard InChI is InChI=1S/C13H10FN3O3/c14-10-3-4-11(9(6-10)2-1-5-18)13(19)15-7-12-16-8-20-17-12/h3-4,6,8,18H,5,7H2,(H,15,19). The highest BCUT2D eigenvalue weighted by Crippen LogP contribution is 2.10. The average molecular weight is 275 g/mol. The Hall–Kier alpha value is -2.72. The Morgan fingerprint density at radius 2 is 2.35 bits per heavy atom. The van der Waals surface area contributed by atoms with Gasteiger partial charge in [0.1, 0.15) is 12.4 Å². The number of amides is 1. The maximum absolute atomic E-state index is 13.2. The molecule has 20 heavy (non-hydrogen) atoms. The molecule has 0 aliphatic heterocycles. The number of hydrogen-bond acceptors (Lipinski definition) is 5. The van der Waals surface area contributed by atoms with Gasteiger partial charge in [-0.15, -0.1) is 0 Å². The molecule has 0 aliphatic rings. The van der Waals surface area contributed by atoms with Crippen LogP contribution in [0, 0.1) is 17.7 Å². The van der Waals surface area contributed by atoms with Gasteiger partial charge in [0.25, 0.3) is 5.91 Å². The number of nitrogens with one attached hydrogen (secondary N) is 1. The van der Waals surface area contributed by atoms with E-state index in [1.54, 1.807) is 0 Å². The normalized spacial score (nSPS) is 9.70. The van der Waals surface area contributed by atoms with E-state index in [2.05, 4.69) is 31.8 Å². The van der Waals surface area contributed by atoms with Crippen LogP contribution in [0.15, 0.2) is 29.1 Å². The van der Waals surface area contributed by atoms with Crippen LogP contribution < -0.4 is 5.32 Å². The lowest BCUT2D eigenvalue weighted by atomic mass is 10.1. The number of benzene rings is 1. The van der Waals surface area contributed by atoms with Gasteiger partial charge in [0.2, 0.25) is 6.39 Å². The Morgan fingerprint density at radius 3 is 3.05 bits per heavy atom. The first-order valence-corrected chi connectivity index (χ1v) is 5.63. The molecule has 102 valence electrons. The molecular formula is C13H10FN3O3. The van der Waals surface area contributed by atoms with Gasteiger partial charge in [-0.25, -0.2) is 4.39 Å². The fourth-order valence-corrected chi connectivity index (χ4v) is 1.48. The first kappa shape index (κ1) is 13.7. The molecule has 1 amide bonds. The van der Waals surface area contributed by atoms with Crippen molar-refractivity contribution in [1.82, 2.24) is 15.5 Å². The van der Waals surface area contributed by atoms with Crippen LogP contribution in [0.3, 0.4) is 0 Å². The molecule has 0 aliphatic carbocycles. The summed E-state index contributed by atoms with van der Waals surface area (Å²) in [6.07, 6.45) is 1.15. The highest BCUT2D eigenvalue weighted by molar-refractivity contribution is 5.96. The van der Waals surface area contributed by atoms with Crippen LogP contribution in [-0.2, 0) is 6.54 Å². The van der Waals surface area contributed by atoms with Crippen molar-refractivity contribution in [2.45, 2.75) is 6.54 Å². The van der Waals surface area contributed by atoms with Crippen molar-refractivity contribution in [3.05, 3.63) is 47.4 Å². The van der Waals surface area contributed by atoms with Crippen molar-refractivity contribution >= 4 is 5.91 Å². The minimum absolute atomic E-state index is 0.0829. The minimum atomic E-state index is -0.512. The van der Waals surface area contributed by atoms with Gasteiger partial charge < -0.3 is 14.9 Å². The maximum Gasteiger partial charge on any atom is 0.252 e. The van der Waals surface area contributed by atoms with Crippen molar-refractivity contribution in [3.8, 4) is 11.8 Å².